The summed E-state index contributed by atoms with van der Waals surface area (Å²) in [7, 11) is 0. The Hall–Kier alpha value is -0.730. The van der Waals surface area contributed by atoms with Crippen molar-refractivity contribution in [3.8, 4) is 0 Å². The Labute approximate surface area is 122 Å². The van der Waals surface area contributed by atoms with Gasteiger partial charge in [0.2, 0.25) is 0 Å². The van der Waals surface area contributed by atoms with Gasteiger partial charge in [0.15, 0.2) is 5.96 Å². The molecule has 0 unspecified atom stereocenters. The summed E-state index contributed by atoms with van der Waals surface area (Å²) in [5.41, 5.74) is 5.60. The van der Waals surface area contributed by atoms with E-state index in [4.69, 9.17) is 11.1 Å². The summed E-state index contributed by atoms with van der Waals surface area (Å²) in [6.45, 7) is 2.04. The lowest BCUT2D eigenvalue weighted by Gasteiger charge is -2.55. The average molecular weight is 275 g/mol. The van der Waals surface area contributed by atoms with Crippen LogP contribution >= 0.6 is 0 Å². The minimum absolute atomic E-state index is 0.276. The molecular weight excluding hydrogens is 246 g/mol. The van der Waals surface area contributed by atoms with Crippen molar-refractivity contribution in [3.63, 3.8) is 0 Å². The number of nitrogens with one attached hydrogen (secondary N) is 1. The van der Waals surface area contributed by atoms with Crippen LogP contribution in [0.25, 0.3) is 0 Å². The molecule has 3 nitrogen and oxygen atoms in total. The highest BCUT2D eigenvalue weighted by atomic mass is 15.2. The zero-order valence-corrected chi connectivity index (χ0v) is 12.6. The minimum Gasteiger partial charge on any atom is -0.370 e. The van der Waals surface area contributed by atoms with Gasteiger partial charge in [-0.25, -0.2) is 0 Å². The fourth-order valence-electron chi connectivity index (χ4n) is 6.22. The maximum absolute atomic E-state index is 7.54. The van der Waals surface area contributed by atoms with Gasteiger partial charge >= 0.3 is 0 Å². The highest BCUT2D eigenvalue weighted by Crippen LogP contribution is 2.58. The molecular formula is C17H29N3. The van der Waals surface area contributed by atoms with E-state index in [1.54, 1.807) is 32.1 Å². The number of hydrogen-bond donors (Lipinski definition) is 2. The van der Waals surface area contributed by atoms with Gasteiger partial charge in [-0.1, -0.05) is 0 Å². The SMILES string of the molecule is N=C(N)N1CCC(CC2C3CC4CC(C3)CC2C4)CC1. The van der Waals surface area contributed by atoms with Crippen molar-refractivity contribution >= 4 is 5.96 Å². The van der Waals surface area contributed by atoms with Gasteiger partial charge in [0.1, 0.15) is 0 Å². The maximum atomic E-state index is 7.54. The fourth-order valence-corrected chi connectivity index (χ4v) is 6.22. The van der Waals surface area contributed by atoms with Crippen molar-refractivity contribution in [2.45, 2.75) is 51.4 Å². The molecule has 112 valence electrons. The van der Waals surface area contributed by atoms with Gasteiger partial charge in [-0.3, -0.25) is 5.41 Å². The molecule has 5 aliphatic rings. The molecule has 5 rings (SSSR count). The molecule has 0 spiro atoms. The Morgan fingerprint density at radius 3 is 2.00 bits per heavy atom. The molecule has 1 heterocycles. The molecule has 0 atom stereocenters. The second-order valence-electron chi connectivity index (χ2n) is 8.15. The van der Waals surface area contributed by atoms with Crippen molar-refractivity contribution in [2.75, 3.05) is 13.1 Å². The van der Waals surface area contributed by atoms with Crippen LogP contribution in [0.15, 0.2) is 0 Å². The van der Waals surface area contributed by atoms with Crippen molar-refractivity contribution < 1.29 is 0 Å². The third-order valence-corrected chi connectivity index (χ3v) is 6.98. The molecule has 1 saturated heterocycles. The van der Waals surface area contributed by atoms with Gasteiger partial charge in [0.25, 0.3) is 0 Å². The van der Waals surface area contributed by atoms with E-state index in [1.165, 1.54) is 19.3 Å². The Morgan fingerprint density at radius 1 is 0.950 bits per heavy atom. The topological polar surface area (TPSA) is 53.1 Å². The van der Waals surface area contributed by atoms with Crippen molar-refractivity contribution in [2.24, 2.45) is 41.2 Å². The van der Waals surface area contributed by atoms with Gasteiger partial charge in [0, 0.05) is 13.1 Å². The summed E-state index contributed by atoms with van der Waals surface area (Å²) in [6, 6.07) is 0. The van der Waals surface area contributed by atoms with Crippen LogP contribution in [0.5, 0.6) is 0 Å². The third kappa shape index (κ3) is 2.23. The molecule has 20 heavy (non-hydrogen) atoms. The largest absolute Gasteiger partial charge is 0.370 e. The zero-order valence-electron chi connectivity index (χ0n) is 12.6. The van der Waals surface area contributed by atoms with Gasteiger partial charge in [-0.15, -0.1) is 0 Å². The predicted octanol–water partition coefficient (Wildman–Crippen LogP) is 3.05. The van der Waals surface area contributed by atoms with Crippen molar-refractivity contribution in [1.82, 2.24) is 4.90 Å². The average Bonchev–Trinajstić information content (AvgIpc) is 2.42. The van der Waals surface area contributed by atoms with E-state index in [0.717, 1.165) is 48.6 Å². The normalized spacial score (nSPS) is 44.0. The number of nitrogens with zero attached hydrogens (tertiary/aromatic N) is 1. The first-order valence-corrected chi connectivity index (χ1v) is 8.78. The molecule has 3 heteroatoms. The van der Waals surface area contributed by atoms with Crippen molar-refractivity contribution in [3.05, 3.63) is 0 Å². The van der Waals surface area contributed by atoms with E-state index in [-0.39, 0.29) is 5.96 Å². The third-order valence-electron chi connectivity index (χ3n) is 6.98. The van der Waals surface area contributed by atoms with Gasteiger partial charge in [0.05, 0.1) is 0 Å². The molecule has 4 bridgehead atoms. The van der Waals surface area contributed by atoms with E-state index in [0.29, 0.717) is 0 Å². The summed E-state index contributed by atoms with van der Waals surface area (Å²) in [5.74, 6) is 6.61. The van der Waals surface area contributed by atoms with E-state index in [2.05, 4.69) is 0 Å². The zero-order chi connectivity index (χ0) is 13.7. The second-order valence-corrected chi connectivity index (χ2v) is 8.15. The molecule has 1 aliphatic heterocycles. The van der Waals surface area contributed by atoms with E-state index >= 15 is 0 Å². The maximum Gasteiger partial charge on any atom is 0.188 e. The Morgan fingerprint density at radius 2 is 1.50 bits per heavy atom. The molecule has 4 aliphatic carbocycles. The summed E-state index contributed by atoms with van der Waals surface area (Å²) in [6.07, 6.45) is 11.8. The minimum atomic E-state index is 0.276. The van der Waals surface area contributed by atoms with Crippen LogP contribution in [-0.4, -0.2) is 23.9 Å². The van der Waals surface area contributed by atoms with Crippen LogP contribution in [-0.2, 0) is 0 Å². The highest BCUT2D eigenvalue weighted by Gasteiger charge is 2.48. The van der Waals surface area contributed by atoms with Crippen LogP contribution in [0.1, 0.15) is 51.4 Å². The smallest absolute Gasteiger partial charge is 0.188 e. The quantitative estimate of drug-likeness (QED) is 0.601. The predicted molar refractivity (Wildman–Crippen MR) is 81.4 cm³/mol. The Bertz CT molecular complexity index is 356. The van der Waals surface area contributed by atoms with E-state index in [1.807, 2.05) is 4.90 Å². The van der Waals surface area contributed by atoms with Gasteiger partial charge in [-0.05, 0) is 86.9 Å². The molecule has 0 aromatic carbocycles. The first kappa shape index (κ1) is 13.0. The lowest BCUT2D eigenvalue weighted by molar-refractivity contribution is -0.0480. The number of nitrogens with two attached hydrogens (primary N) is 1. The van der Waals surface area contributed by atoms with Crippen LogP contribution in [0.4, 0.5) is 0 Å². The number of hydrogen-bond acceptors (Lipinski definition) is 1. The summed E-state index contributed by atoms with van der Waals surface area (Å²) < 4.78 is 0. The molecule has 3 N–H and O–H groups in total. The molecule has 0 aromatic rings. The first-order chi connectivity index (χ1) is 9.69. The Balaban J connectivity index is 1.35. The van der Waals surface area contributed by atoms with Crippen LogP contribution < -0.4 is 5.73 Å². The summed E-state index contributed by atoms with van der Waals surface area (Å²) >= 11 is 0. The van der Waals surface area contributed by atoms with Crippen LogP contribution in [0.2, 0.25) is 0 Å². The van der Waals surface area contributed by atoms with E-state index in [9.17, 15) is 0 Å². The molecule has 0 radical (unpaired) electrons. The summed E-state index contributed by atoms with van der Waals surface area (Å²) in [4.78, 5) is 2.05. The highest BCUT2D eigenvalue weighted by molar-refractivity contribution is 5.74. The molecule has 0 amide bonds. The lowest BCUT2D eigenvalue weighted by atomic mass is 9.50. The number of guanidine groups is 1. The van der Waals surface area contributed by atoms with Gasteiger partial charge < -0.3 is 10.6 Å². The number of rotatable bonds is 2. The number of piperidine rings is 1. The number of likely N-dealkylation sites (tertiary alicyclic amines) is 1. The molecule has 4 saturated carbocycles. The summed E-state index contributed by atoms with van der Waals surface area (Å²) in [5, 5.41) is 7.54. The van der Waals surface area contributed by atoms with Crippen molar-refractivity contribution in [1.29, 1.82) is 5.41 Å². The molecule has 0 aromatic heterocycles. The standard InChI is InChI=1S/C17H29N3/c18-17(19)20-3-1-11(2-4-20)10-16-14-6-12-5-13(8-14)9-15(16)7-12/h11-16H,1-10H2,(H3,18,19). The first-order valence-electron chi connectivity index (χ1n) is 8.78. The second kappa shape index (κ2) is 4.92. The van der Waals surface area contributed by atoms with E-state index < -0.39 is 0 Å². The monoisotopic (exact) mass is 275 g/mol. The fraction of sp³-hybridized carbons (Fsp3) is 0.941. The lowest BCUT2D eigenvalue weighted by Crippen LogP contribution is -2.47. The van der Waals surface area contributed by atoms with Crippen LogP contribution in [0.3, 0.4) is 0 Å². The van der Waals surface area contributed by atoms with Gasteiger partial charge in [-0.2, -0.15) is 0 Å². The Kier molecular flexibility index (Phi) is 3.19. The van der Waals surface area contributed by atoms with Crippen LogP contribution in [0, 0.1) is 40.9 Å². The molecule has 5 fully saturated rings.